The van der Waals surface area contributed by atoms with Crippen LogP contribution < -0.4 is 26.5 Å². The number of fused-ring (bicyclic) bond motifs is 3. The van der Waals surface area contributed by atoms with E-state index in [1.54, 1.807) is 23.7 Å². The molecule has 4 N–H and O–H groups in total. The number of piperidine rings is 1. The van der Waals surface area contributed by atoms with Gasteiger partial charge in [-0.15, -0.1) is 10.2 Å². The third kappa shape index (κ3) is 7.37. The number of unbranched alkanes of at least 4 members (excludes halogenated alkanes) is 5. The lowest BCUT2D eigenvalue weighted by molar-refractivity contribution is -0.135. The molecule has 14 heteroatoms. The van der Waals surface area contributed by atoms with Gasteiger partial charge in [-0.1, -0.05) is 43.9 Å². The number of benzene rings is 2. The number of imide groups is 1. The van der Waals surface area contributed by atoms with E-state index in [0.29, 0.717) is 23.5 Å². The number of carbonyl (C=O) groups excluding carboxylic acids is 2. The number of nitrogens with one attached hydrogen (secondary N) is 1. The van der Waals surface area contributed by atoms with Gasteiger partial charge in [0.25, 0.3) is 0 Å². The number of aromatic hydroxyl groups is 1. The van der Waals surface area contributed by atoms with Crippen LogP contribution >= 0.6 is 0 Å². The predicted molar refractivity (Wildman–Crippen MR) is 211 cm³/mol. The smallest absolute Gasteiger partial charge is 0.329 e. The first kappa shape index (κ1) is 36.2. The van der Waals surface area contributed by atoms with Gasteiger partial charge in [-0.3, -0.25) is 24.0 Å². The number of nitrogen functional groups attached to an aromatic ring is 1. The minimum atomic E-state index is -0.666. The number of hydrogen-bond acceptors (Lipinski definition) is 11. The molecule has 286 valence electrons. The van der Waals surface area contributed by atoms with Gasteiger partial charge in [-0.25, -0.2) is 14.8 Å². The molecule has 14 nitrogen and oxygen atoms in total. The minimum absolute atomic E-state index is 0.163. The average molecular weight is 745 g/mol. The molecule has 3 saturated heterocycles. The van der Waals surface area contributed by atoms with E-state index >= 15 is 0 Å². The lowest BCUT2D eigenvalue weighted by atomic mass is 10.0. The second-order valence-electron chi connectivity index (χ2n) is 15.2. The zero-order chi connectivity index (χ0) is 38.1. The van der Waals surface area contributed by atoms with E-state index in [0.717, 1.165) is 87.1 Å². The number of phenols is 1. The Labute approximate surface area is 319 Å². The molecule has 0 radical (unpaired) electrons. The molecule has 6 heterocycles. The lowest BCUT2D eigenvalue weighted by Crippen LogP contribution is -2.54. The van der Waals surface area contributed by atoms with Crippen molar-refractivity contribution in [3.63, 3.8) is 0 Å². The van der Waals surface area contributed by atoms with E-state index < -0.39 is 11.9 Å². The van der Waals surface area contributed by atoms with Crippen LogP contribution in [-0.4, -0.2) is 71.4 Å². The van der Waals surface area contributed by atoms with Crippen molar-refractivity contribution < 1.29 is 14.7 Å². The summed E-state index contributed by atoms with van der Waals surface area (Å²) in [5.41, 5.74) is 12.0. The van der Waals surface area contributed by atoms with Crippen molar-refractivity contribution in [1.82, 2.24) is 34.6 Å². The first-order chi connectivity index (χ1) is 26.7. The quantitative estimate of drug-likeness (QED) is 0.111. The Kier molecular flexibility index (Phi) is 10.2. The lowest BCUT2D eigenvalue weighted by Gasteiger charge is -2.42. The van der Waals surface area contributed by atoms with Crippen LogP contribution in [0.15, 0.2) is 65.7 Å². The molecular formula is C41H48N10O4. The number of piperazine rings is 1. The molecule has 0 saturated carbocycles. The Balaban J connectivity index is 0.774. The van der Waals surface area contributed by atoms with Gasteiger partial charge in [0.2, 0.25) is 17.8 Å². The van der Waals surface area contributed by atoms with E-state index in [2.05, 4.69) is 31.4 Å². The number of nitrogens with zero attached hydrogens (tertiary/aromatic N) is 8. The van der Waals surface area contributed by atoms with Crippen molar-refractivity contribution in [2.45, 2.75) is 95.2 Å². The van der Waals surface area contributed by atoms with Crippen LogP contribution in [0.2, 0.25) is 0 Å². The van der Waals surface area contributed by atoms with Crippen LogP contribution in [0.1, 0.15) is 81.4 Å². The molecule has 3 fully saturated rings. The number of para-hydroxylation sites is 1. The van der Waals surface area contributed by atoms with Crippen LogP contribution in [0.5, 0.6) is 5.75 Å². The van der Waals surface area contributed by atoms with Crippen molar-refractivity contribution >= 4 is 40.3 Å². The summed E-state index contributed by atoms with van der Waals surface area (Å²) in [5.74, 6) is 0.638. The monoisotopic (exact) mass is 744 g/mol. The van der Waals surface area contributed by atoms with Crippen LogP contribution in [0.3, 0.4) is 0 Å². The van der Waals surface area contributed by atoms with E-state index in [1.165, 1.54) is 28.5 Å². The van der Waals surface area contributed by atoms with Gasteiger partial charge in [0, 0.05) is 56.6 Å². The molecule has 3 aliphatic heterocycles. The molecule has 55 heavy (non-hydrogen) atoms. The number of carbonyl (C=O) groups is 2. The first-order valence-electron chi connectivity index (χ1n) is 19.5. The Morgan fingerprint density at radius 1 is 0.818 bits per heavy atom. The summed E-state index contributed by atoms with van der Waals surface area (Å²) in [5, 5.41) is 21.2. The average Bonchev–Trinajstić information content (AvgIpc) is 3.59. The van der Waals surface area contributed by atoms with E-state index in [1.807, 2.05) is 42.7 Å². The number of hydrogen-bond donors (Lipinski definition) is 3. The highest BCUT2D eigenvalue weighted by Gasteiger charge is 2.42. The normalized spacial score (nSPS) is 19.7. The Bertz CT molecular complexity index is 2250. The number of aryl methyl sites for hydroxylation is 3. The van der Waals surface area contributed by atoms with Crippen LogP contribution in [-0.2, 0) is 29.5 Å². The maximum Gasteiger partial charge on any atom is 0.329 e. The van der Waals surface area contributed by atoms with Gasteiger partial charge in [0.1, 0.15) is 11.8 Å². The second-order valence-corrected chi connectivity index (χ2v) is 15.2. The summed E-state index contributed by atoms with van der Waals surface area (Å²) in [6.45, 7) is 1.57. The predicted octanol–water partition coefficient (Wildman–Crippen LogP) is 4.84. The summed E-state index contributed by atoms with van der Waals surface area (Å²) in [4.78, 5) is 51.5. The molecule has 2 amide bonds. The first-order valence-corrected chi connectivity index (χ1v) is 19.5. The molecule has 8 rings (SSSR count). The Morgan fingerprint density at radius 2 is 1.51 bits per heavy atom. The number of aromatic nitrogens is 6. The maximum absolute atomic E-state index is 13.1. The zero-order valence-corrected chi connectivity index (χ0v) is 31.2. The molecule has 2 bridgehead atoms. The van der Waals surface area contributed by atoms with Crippen molar-refractivity contribution in [3.8, 4) is 17.0 Å². The molecule has 5 aromatic rings. The van der Waals surface area contributed by atoms with Crippen molar-refractivity contribution in [2.75, 3.05) is 28.6 Å². The molecule has 3 aliphatic rings. The number of imidazole rings is 1. The van der Waals surface area contributed by atoms with Gasteiger partial charge in [0.15, 0.2) is 5.82 Å². The molecule has 0 aliphatic carbocycles. The standard InChI is InChI=1S/C41H48N10O4/c1-48-34-20-26(14-17-32(34)51(41(48)55)33-18-19-37(53)45-39(33)54)10-6-4-2-3-5-7-11-27-22-43-40(44-23-27)50-28-15-16-29(50)25-49(24-28)35-21-31(46-47-38(35)42)30-12-8-9-13-36(30)52/h8-9,12-14,17,20-23,28-29,33,52H,2-7,10-11,15-16,18-19,24-25H2,1H3,(H2,42,47)(H,45,53,54). The highest BCUT2D eigenvalue weighted by molar-refractivity contribution is 6.00. The molecule has 2 aromatic carbocycles. The summed E-state index contributed by atoms with van der Waals surface area (Å²) in [6, 6.07) is 15.0. The molecule has 3 unspecified atom stereocenters. The van der Waals surface area contributed by atoms with E-state index in [9.17, 15) is 19.5 Å². The number of nitrogens with two attached hydrogens (primary N) is 1. The van der Waals surface area contributed by atoms with Gasteiger partial charge in [-0.05, 0) is 86.4 Å². The van der Waals surface area contributed by atoms with Crippen molar-refractivity contribution in [3.05, 3.63) is 82.5 Å². The second kappa shape index (κ2) is 15.5. The summed E-state index contributed by atoms with van der Waals surface area (Å²) in [7, 11) is 1.73. The Hall–Kier alpha value is -5.79. The summed E-state index contributed by atoms with van der Waals surface area (Å²) < 4.78 is 3.13. The van der Waals surface area contributed by atoms with Crippen molar-refractivity contribution in [2.24, 2.45) is 7.05 Å². The minimum Gasteiger partial charge on any atom is -0.507 e. The maximum atomic E-state index is 13.1. The fourth-order valence-electron chi connectivity index (χ4n) is 8.66. The number of phenolic OH excluding ortho intramolecular Hbond substituents is 1. The largest absolute Gasteiger partial charge is 0.507 e. The number of amides is 2. The fourth-order valence-corrected chi connectivity index (χ4v) is 8.66. The third-order valence-corrected chi connectivity index (χ3v) is 11.6. The highest BCUT2D eigenvalue weighted by Crippen LogP contribution is 2.38. The molecule has 0 spiro atoms. The number of rotatable bonds is 13. The highest BCUT2D eigenvalue weighted by atomic mass is 16.3. The SMILES string of the molecule is Cn1c(=O)n(C2CCC(=O)NC2=O)c2ccc(CCCCCCCCc3cnc(N4C5CCC4CN(c4cc(-c6ccccc6O)nnc4N)C5)nc3)cc21. The molecule has 3 aromatic heterocycles. The van der Waals surface area contributed by atoms with Gasteiger partial charge >= 0.3 is 5.69 Å². The van der Waals surface area contributed by atoms with E-state index in [-0.39, 0.29) is 35.9 Å². The van der Waals surface area contributed by atoms with Gasteiger partial charge in [0.05, 0.1) is 22.4 Å². The van der Waals surface area contributed by atoms with E-state index in [4.69, 9.17) is 15.7 Å². The van der Waals surface area contributed by atoms with Crippen LogP contribution in [0.25, 0.3) is 22.3 Å². The Morgan fingerprint density at radius 3 is 2.22 bits per heavy atom. The molecular weight excluding hydrogens is 697 g/mol. The van der Waals surface area contributed by atoms with Gasteiger partial charge in [-0.2, -0.15) is 0 Å². The molecule has 3 atom stereocenters. The summed E-state index contributed by atoms with van der Waals surface area (Å²) >= 11 is 0. The van der Waals surface area contributed by atoms with Crippen LogP contribution in [0.4, 0.5) is 17.5 Å². The van der Waals surface area contributed by atoms with Crippen LogP contribution in [0, 0.1) is 0 Å². The van der Waals surface area contributed by atoms with Gasteiger partial charge < -0.3 is 20.6 Å². The fraction of sp³-hybridized carbons (Fsp3) is 0.439. The summed E-state index contributed by atoms with van der Waals surface area (Å²) in [6.07, 6.45) is 15.4. The topological polar surface area (TPSA) is 177 Å². The third-order valence-electron chi connectivity index (χ3n) is 11.6. The number of anilines is 3. The zero-order valence-electron chi connectivity index (χ0n) is 31.2. The van der Waals surface area contributed by atoms with Crippen molar-refractivity contribution in [1.29, 1.82) is 0 Å².